The van der Waals surface area contributed by atoms with E-state index in [1.807, 2.05) is 42.6 Å². The highest BCUT2D eigenvalue weighted by Crippen LogP contribution is 2.38. The molecule has 0 unspecified atom stereocenters. The minimum Gasteiger partial charge on any atom is -0.309 e. The number of aromatic nitrogens is 4. The van der Waals surface area contributed by atoms with Gasteiger partial charge in [-0.2, -0.15) is 0 Å². The predicted molar refractivity (Wildman–Crippen MR) is 167 cm³/mol. The van der Waals surface area contributed by atoms with Crippen LogP contribution in [0.2, 0.25) is 0 Å². The molecule has 0 aliphatic heterocycles. The number of nitrogens with zero attached hydrogens (tertiary/aromatic N) is 4. The summed E-state index contributed by atoms with van der Waals surface area (Å²) < 4.78 is 2.33. The first-order chi connectivity index (χ1) is 20.3. The molecule has 0 bridgehead atoms. The van der Waals surface area contributed by atoms with E-state index >= 15 is 0 Å². The van der Waals surface area contributed by atoms with Crippen molar-refractivity contribution in [1.82, 2.24) is 19.5 Å². The molecule has 4 nitrogen and oxygen atoms in total. The van der Waals surface area contributed by atoms with Crippen LogP contribution in [0.3, 0.4) is 0 Å². The molecule has 192 valence electrons. The van der Waals surface area contributed by atoms with Crippen molar-refractivity contribution in [2.45, 2.75) is 0 Å². The van der Waals surface area contributed by atoms with Gasteiger partial charge in [0.1, 0.15) is 0 Å². The van der Waals surface area contributed by atoms with Crippen LogP contribution in [-0.2, 0) is 0 Å². The number of allylic oxidation sites excluding steroid dienone is 4. The molecule has 0 N–H and O–H groups in total. The Kier molecular flexibility index (Phi) is 5.42. The van der Waals surface area contributed by atoms with E-state index in [0.717, 1.165) is 45.0 Å². The van der Waals surface area contributed by atoms with E-state index in [2.05, 4.69) is 113 Å². The lowest BCUT2D eigenvalue weighted by Crippen LogP contribution is -2.04. The zero-order valence-corrected chi connectivity index (χ0v) is 22.1. The summed E-state index contributed by atoms with van der Waals surface area (Å²) in [4.78, 5) is 14.6. The Morgan fingerprint density at radius 1 is 0.463 bits per heavy atom. The SMILES string of the molecule is C1=C(c2ccccn2)C(c2cc(-c3ccc(-n4c5ccccc5c5ccccc54)cc3)nc(-c3ccccc3)n2)=C1. The Bertz CT molecular complexity index is 2070. The molecule has 4 heteroatoms. The average molecular weight is 525 g/mol. The molecule has 8 rings (SSSR count). The van der Waals surface area contributed by atoms with Crippen molar-refractivity contribution >= 4 is 33.0 Å². The third-order valence-corrected chi connectivity index (χ3v) is 7.68. The molecule has 3 heterocycles. The third-order valence-electron chi connectivity index (χ3n) is 7.68. The zero-order chi connectivity index (χ0) is 27.2. The minimum atomic E-state index is 0.706. The summed E-state index contributed by atoms with van der Waals surface area (Å²) in [5.74, 6) is 0.706. The summed E-state index contributed by atoms with van der Waals surface area (Å²) in [7, 11) is 0. The smallest absolute Gasteiger partial charge is 0.160 e. The van der Waals surface area contributed by atoms with Crippen LogP contribution in [-0.4, -0.2) is 19.5 Å². The second-order valence-electron chi connectivity index (χ2n) is 10.1. The van der Waals surface area contributed by atoms with Crippen molar-refractivity contribution in [3.8, 4) is 28.3 Å². The molecule has 41 heavy (non-hydrogen) atoms. The van der Waals surface area contributed by atoms with Crippen molar-refractivity contribution < 1.29 is 0 Å². The normalized spacial score (nSPS) is 12.7. The standard InChI is InChI=1S/C37H24N4/c1-2-10-26(11-3-1)37-39-33(24-34(40-37)29-22-21-28(29)32-14-8-9-23-38-32)25-17-19-27(20-18-25)41-35-15-6-4-12-30(35)31-13-5-7-16-36(31)41/h1-24H. The van der Waals surface area contributed by atoms with Gasteiger partial charge in [0.05, 0.1) is 28.1 Å². The summed E-state index contributed by atoms with van der Waals surface area (Å²) in [6.07, 6.45) is 6.03. The van der Waals surface area contributed by atoms with Crippen molar-refractivity contribution in [2.75, 3.05) is 0 Å². The Morgan fingerprint density at radius 3 is 1.73 bits per heavy atom. The Morgan fingerprint density at radius 2 is 1.07 bits per heavy atom. The van der Waals surface area contributed by atoms with Gasteiger partial charge in [-0.1, -0.05) is 97.1 Å². The van der Waals surface area contributed by atoms with E-state index < -0.39 is 0 Å². The van der Waals surface area contributed by atoms with E-state index in [0.29, 0.717) is 5.82 Å². The lowest BCUT2D eigenvalue weighted by Gasteiger charge is -2.18. The van der Waals surface area contributed by atoms with E-state index in [9.17, 15) is 0 Å². The number of hydrogen-bond acceptors (Lipinski definition) is 3. The molecule has 0 atom stereocenters. The Labute approximate surface area is 237 Å². The number of benzene rings is 4. The van der Waals surface area contributed by atoms with Crippen LogP contribution in [0.5, 0.6) is 0 Å². The van der Waals surface area contributed by atoms with E-state index in [4.69, 9.17) is 9.97 Å². The predicted octanol–water partition coefficient (Wildman–Crippen LogP) is 8.78. The van der Waals surface area contributed by atoms with Crippen molar-refractivity contribution in [1.29, 1.82) is 0 Å². The van der Waals surface area contributed by atoms with Crippen molar-refractivity contribution in [2.24, 2.45) is 0 Å². The van der Waals surface area contributed by atoms with Gasteiger partial charge < -0.3 is 4.57 Å². The van der Waals surface area contributed by atoms with Gasteiger partial charge in [0.15, 0.2) is 5.82 Å². The molecule has 0 saturated heterocycles. The van der Waals surface area contributed by atoms with E-state index in [1.165, 1.54) is 21.8 Å². The van der Waals surface area contributed by atoms with Crippen LogP contribution >= 0.6 is 0 Å². The quantitative estimate of drug-likeness (QED) is 0.226. The van der Waals surface area contributed by atoms with Crippen LogP contribution in [0.4, 0.5) is 0 Å². The monoisotopic (exact) mass is 524 g/mol. The molecule has 4 aromatic carbocycles. The maximum Gasteiger partial charge on any atom is 0.160 e. The first-order valence-electron chi connectivity index (χ1n) is 13.7. The molecular formula is C37H24N4. The van der Waals surface area contributed by atoms with Gasteiger partial charge in [-0.3, -0.25) is 4.98 Å². The average Bonchev–Trinajstić information content (AvgIpc) is 3.36. The van der Waals surface area contributed by atoms with Gasteiger partial charge in [0, 0.05) is 44.9 Å². The maximum absolute atomic E-state index is 5.02. The third kappa shape index (κ3) is 3.97. The maximum atomic E-state index is 5.02. The summed E-state index contributed by atoms with van der Waals surface area (Å²) >= 11 is 0. The van der Waals surface area contributed by atoms with Crippen LogP contribution in [0, 0.1) is 0 Å². The molecule has 0 fully saturated rings. The topological polar surface area (TPSA) is 43.6 Å². The first kappa shape index (κ1) is 23.3. The highest BCUT2D eigenvalue weighted by molar-refractivity contribution is 6.11. The Hall–Kier alpha value is -5.61. The molecule has 1 aliphatic carbocycles. The molecule has 0 amide bonds. The van der Waals surface area contributed by atoms with E-state index in [-0.39, 0.29) is 0 Å². The van der Waals surface area contributed by atoms with Crippen LogP contribution in [0.15, 0.2) is 146 Å². The molecule has 1 aliphatic rings. The van der Waals surface area contributed by atoms with Gasteiger partial charge in [-0.25, -0.2) is 9.97 Å². The van der Waals surface area contributed by atoms with Crippen molar-refractivity contribution in [3.05, 3.63) is 157 Å². The Balaban J connectivity index is 1.23. The fourth-order valence-corrected chi connectivity index (χ4v) is 5.65. The summed E-state index contributed by atoms with van der Waals surface area (Å²) in [5.41, 5.74) is 10.4. The number of para-hydroxylation sites is 2. The van der Waals surface area contributed by atoms with Gasteiger partial charge in [0.25, 0.3) is 0 Å². The van der Waals surface area contributed by atoms with Gasteiger partial charge >= 0.3 is 0 Å². The van der Waals surface area contributed by atoms with Crippen LogP contribution < -0.4 is 0 Å². The van der Waals surface area contributed by atoms with Gasteiger partial charge in [-0.05, 0) is 42.5 Å². The molecular weight excluding hydrogens is 500 g/mol. The van der Waals surface area contributed by atoms with E-state index in [1.54, 1.807) is 0 Å². The summed E-state index contributed by atoms with van der Waals surface area (Å²) in [6.45, 7) is 0. The summed E-state index contributed by atoms with van der Waals surface area (Å²) in [5, 5.41) is 2.51. The molecule has 3 aromatic heterocycles. The fraction of sp³-hybridized carbons (Fsp3) is 0. The van der Waals surface area contributed by atoms with Gasteiger partial charge in [0.2, 0.25) is 0 Å². The zero-order valence-electron chi connectivity index (χ0n) is 22.1. The number of fused-ring (bicyclic) bond motifs is 3. The highest BCUT2D eigenvalue weighted by atomic mass is 15.0. The van der Waals surface area contributed by atoms with Crippen LogP contribution in [0.25, 0.3) is 61.3 Å². The molecule has 0 saturated carbocycles. The highest BCUT2D eigenvalue weighted by Gasteiger charge is 2.20. The second-order valence-corrected chi connectivity index (χ2v) is 10.1. The fourth-order valence-electron chi connectivity index (χ4n) is 5.65. The minimum absolute atomic E-state index is 0.706. The summed E-state index contributed by atoms with van der Waals surface area (Å²) in [6, 6.07) is 44.1. The lowest BCUT2D eigenvalue weighted by molar-refractivity contribution is 1.15. The largest absolute Gasteiger partial charge is 0.309 e. The number of hydrogen-bond donors (Lipinski definition) is 0. The van der Waals surface area contributed by atoms with Gasteiger partial charge in [-0.15, -0.1) is 0 Å². The number of rotatable bonds is 5. The van der Waals surface area contributed by atoms with Crippen molar-refractivity contribution in [3.63, 3.8) is 0 Å². The first-order valence-corrected chi connectivity index (χ1v) is 13.7. The second kappa shape index (κ2) is 9.54. The number of pyridine rings is 1. The lowest BCUT2D eigenvalue weighted by atomic mass is 9.90. The molecule has 7 aromatic rings. The molecule has 0 radical (unpaired) electrons. The molecule has 0 spiro atoms. The van der Waals surface area contributed by atoms with Crippen LogP contribution in [0.1, 0.15) is 11.4 Å².